The van der Waals surface area contributed by atoms with Gasteiger partial charge in [0.2, 0.25) is 0 Å². The molecule has 17 heavy (non-hydrogen) atoms. The molecule has 0 saturated carbocycles. The summed E-state index contributed by atoms with van der Waals surface area (Å²) in [5, 5.41) is 3.18. The Morgan fingerprint density at radius 3 is 2.65 bits per heavy atom. The van der Waals surface area contributed by atoms with E-state index in [0.717, 1.165) is 5.69 Å². The number of hydrogen-bond acceptors (Lipinski definition) is 3. The van der Waals surface area contributed by atoms with Crippen LogP contribution in [-0.2, 0) is 9.84 Å². The lowest BCUT2D eigenvalue weighted by molar-refractivity contribution is 0.595. The minimum atomic E-state index is -2.89. The van der Waals surface area contributed by atoms with Crippen molar-refractivity contribution < 1.29 is 8.42 Å². The van der Waals surface area contributed by atoms with Gasteiger partial charge in [0.15, 0.2) is 9.84 Å². The van der Waals surface area contributed by atoms with Crippen LogP contribution in [0.5, 0.6) is 0 Å². The van der Waals surface area contributed by atoms with Crippen LogP contribution in [0.4, 0.5) is 5.69 Å². The number of rotatable bonds is 6. The molecule has 0 heterocycles. The van der Waals surface area contributed by atoms with Gasteiger partial charge in [-0.3, -0.25) is 0 Å². The first kappa shape index (κ1) is 14.8. The minimum absolute atomic E-state index is 0.200. The molecule has 0 aliphatic heterocycles. The quantitative estimate of drug-likeness (QED) is 0.787. The summed E-state index contributed by atoms with van der Waals surface area (Å²) < 4.78 is 24.2. The highest BCUT2D eigenvalue weighted by molar-refractivity contribution is 14.1. The van der Waals surface area contributed by atoms with Crippen LogP contribution in [-0.4, -0.2) is 26.5 Å². The van der Waals surface area contributed by atoms with Gasteiger partial charge in [0.05, 0.1) is 5.75 Å². The van der Waals surface area contributed by atoms with Crippen molar-refractivity contribution in [1.29, 1.82) is 0 Å². The van der Waals surface area contributed by atoms with Crippen LogP contribution >= 0.6 is 22.6 Å². The van der Waals surface area contributed by atoms with E-state index in [1.807, 2.05) is 32.0 Å². The van der Waals surface area contributed by atoms with E-state index in [9.17, 15) is 8.42 Å². The van der Waals surface area contributed by atoms with Crippen molar-refractivity contribution >= 4 is 38.1 Å². The maximum absolute atomic E-state index is 11.5. The molecule has 1 aromatic carbocycles. The Balaban J connectivity index is 2.55. The molecule has 0 bridgehead atoms. The Bertz CT molecular complexity index is 471. The summed E-state index contributed by atoms with van der Waals surface area (Å²) in [6.45, 7) is 4.39. The topological polar surface area (TPSA) is 46.2 Å². The van der Waals surface area contributed by atoms with E-state index in [4.69, 9.17) is 0 Å². The van der Waals surface area contributed by atoms with Crippen LogP contribution in [0.15, 0.2) is 18.2 Å². The fourth-order valence-corrected chi connectivity index (χ4v) is 3.29. The van der Waals surface area contributed by atoms with E-state index in [1.54, 1.807) is 0 Å². The maximum atomic E-state index is 11.5. The van der Waals surface area contributed by atoms with E-state index in [-0.39, 0.29) is 11.5 Å². The second-order valence-electron chi connectivity index (χ2n) is 3.99. The zero-order chi connectivity index (χ0) is 12.9. The Morgan fingerprint density at radius 2 is 2.00 bits per heavy atom. The first-order valence-corrected chi connectivity index (χ1v) is 8.55. The Kier molecular flexibility index (Phi) is 5.72. The van der Waals surface area contributed by atoms with Crippen molar-refractivity contribution in [3.05, 3.63) is 27.3 Å². The van der Waals surface area contributed by atoms with Gasteiger partial charge in [-0.05, 0) is 53.6 Å². The average molecular weight is 367 g/mol. The predicted octanol–water partition coefficient (Wildman–Crippen LogP) is 2.84. The molecule has 0 spiro atoms. The summed E-state index contributed by atoms with van der Waals surface area (Å²) in [7, 11) is -2.89. The third-order valence-electron chi connectivity index (χ3n) is 2.51. The van der Waals surface area contributed by atoms with Crippen LogP contribution in [0.25, 0.3) is 0 Å². The summed E-state index contributed by atoms with van der Waals surface area (Å²) in [4.78, 5) is 0. The van der Waals surface area contributed by atoms with Gasteiger partial charge in [-0.2, -0.15) is 0 Å². The summed E-state index contributed by atoms with van der Waals surface area (Å²) >= 11 is 2.27. The van der Waals surface area contributed by atoms with Gasteiger partial charge < -0.3 is 5.32 Å². The monoisotopic (exact) mass is 367 g/mol. The van der Waals surface area contributed by atoms with E-state index in [0.29, 0.717) is 13.0 Å². The Hall–Kier alpha value is -0.300. The molecule has 1 aromatic rings. The van der Waals surface area contributed by atoms with Crippen LogP contribution in [0.1, 0.15) is 18.9 Å². The lowest BCUT2D eigenvalue weighted by Crippen LogP contribution is -2.18. The molecule has 5 heteroatoms. The molecule has 0 aliphatic rings. The van der Waals surface area contributed by atoms with Crippen molar-refractivity contribution in [2.45, 2.75) is 20.3 Å². The number of anilines is 1. The fourth-order valence-electron chi connectivity index (χ4n) is 1.55. The molecule has 0 unspecified atom stereocenters. The molecule has 0 atom stereocenters. The van der Waals surface area contributed by atoms with E-state index < -0.39 is 9.84 Å². The van der Waals surface area contributed by atoms with E-state index in [1.165, 1.54) is 9.13 Å². The van der Waals surface area contributed by atoms with Crippen molar-refractivity contribution in [3.63, 3.8) is 0 Å². The van der Waals surface area contributed by atoms with Gasteiger partial charge in [-0.15, -0.1) is 0 Å². The zero-order valence-electron chi connectivity index (χ0n) is 10.2. The Labute approximate surface area is 117 Å². The summed E-state index contributed by atoms with van der Waals surface area (Å²) in [5.41, 5.74) is 2.18. The molecule has 1 N–H and O–H groups in total. The highest BCUT2D eigenvalue weighted by Crippen LogP contribution is 2.19. The van der Waals surface area contributed by atoms with Gasteiger partial charge in [0.25, 0.3) is 0 Å². The predicted molar refractivity (Wildman–Crippen MR) is 81.3 cm³/mol. The molecule has 0 aromatic heterocycles. The molecular formula is C12H18INO2S. The first-order valence-electron chi connectivity index (χ1n) is 5.65. The molecule has 0 saturated heterocycles. The van der Waals surface area contributed by atoms with Gasteiger partial charge >= 0.3 is 0 Å². The molecular weight excluding hydrogens is 349 g/mol. The van der Waals surface area contributed by atoms with Crippen LogP contribution in [0.2, 0.25) is 0 Å². The number of nitrogens with one attached hydrogen (secondary N) is 1. The second-order valence-corrected chi connectivity index (χ2v) is 7.46. The summed E-state index contributed by atoms with van der Waals surface area (Å²) in [5.74, 6) is 0.478. The normalized spacial score (nSPS) is 11.5. The lowest BCUT2D eigenvalue weighted by atomic mass is 10.2. The average Bonchev–Trinajstić information content (AvgIpc) is 2.24. The van der Waals surface area contributed by atoms with Gasteiger partial charge in [-0.25, -0.2) is 8.42 Å². The molecule has 0 fully saturated rings. The smallest absolute Gasteiger partial charge is 0.152 e. The van der Waals surface area contributed by atoms with Gasteiger partial charge in [-0.1, -0.05) is 13.0 Å². The highest BCUT2D eigenvalue weighted by Gasteiger charge is 2.09. The maximum Gasteiger partial charge on any atom is 0.152 e. The first-order chi connectivity index (χ1) is 7.96. The molecule has 3 nitrogen and oxygen atoms in total. The third kappa shape index (κ3) is 4.83. The Morgan fingerprint density at radius 1 is 1.29 bits per heavy atom. The van der Waals surface area contributed by atoms with Crippen LogP contribution in [0, 0.1) is 10.5 Å². The van der Waals surface area contributed by atoms with Gasteiger partial charge in [0.1, 0.15) is 0 Å². The SMILES string of the molecule is CCCS(=O)(=O)CCNc1cccc(I)c1C. The highest BCUT2D eigenvalue weighted by atomic mass is 127. The van der Waals surface area contributed by atoms with Crippen LogP contribution < -0.4 is 5.32 Å². The van der Waals surface area contributed by atoms with E-state index >= 15 is 0 Å². The fraction of sp³-hybridized carbons (Fsp3) is 0.500. The molecule has 0 amide bonds. The molecule has 96 valence electrons. The second kappa shape index (κ2) is 6.58. The summed E-state index contributed by atoms with van der Waals surface area (Å²) in [6, 6.07) is 5.98. The van der Waals surface area contributed by atoms with Crippen molar-refractivity contribution in [3.8, 4) is 0 Å². The van der Waals surface area contributed by atoms with Crippen molar-refractivity contribution in [2.75, 3.05) is 23.4 Å². The number of halogens is 1. The molecule has 1 rings (SSSR count). The zero-order valence-corrected chi connectivity index (χ0v) is 13.1. The largest absolute Gasteiger partial charge is 0.384 e. The van der Waals surface area contributed by atoms with Crippen molar-refractivity contribution in [1.82, 2.24) is 0 Å². The van der Waals surface area contributed by atoms with E-state index in [2.05, 4.69) is 27.9 Å². The number of hydrogen-bond donors (Lipinski definition) is 1. The third-order valence-corrected chi connectivity index (χ3v) is 5.54. The lowest BCUT2D eigenvalue weighted by Gasteiger charge is -2.10. The van der Waals surface area contributed by atoms with Crippen molar-refractivity contribution in [2.24, 2.45) is 0 Å². The minimum Gasteiger partial charge on any atom is -0.384 e. The van der Waals surface area contributed by atoms with Gasteiger partial charge in [0, 0.05) is 21.6 Å². The molecule has 0 aliphatic carbocycles. The van der Waals surface area contributed by atoms with Crippen LogP contribution in [0.3, 0.4) is 0 Å². The number of benzene rings is 1. The summed E-state index contributed by atoms with van der Waals surface area (Å²) in [6.07, 6.45) is 0.685. The standard InChI is InChI=1S/C12H18INO2S/c1-3-8-17(15,16)9-7-14-12-6-4-5-11(13)10(12)2/h4-6,14H,3,7-9H2,1-2H3. The molecule has 0 radical (unpaired) electrons. The number of sulfone groups is 1.